The number of piperidine rings is 1. The predicted octanol–water partition coefficient (Wildman–Crippen LogP) is 2.36. The summed E-state index contributed by atoms with van der Waals surface area (Å²) in [6, 6.07) is -0.238. The van der Waals surface area contributed by atoms with E-state index in [4.69, 9.17) is 0 Å². The van der Waals surface area contributed by atoms with E-state index in [2.05, 4.69) is 18.7 Å². The Labute approximate surface area is 92.5 Å². The van der Waals surface area contributed by atoms with Gasteiger partial charge in [-0.2, -0.15) is 0 Å². The number of likely N-dealkylation sites (tertiary alicyclic amines) is 1. The van der Waals surface area contributed by atoms with Crippen molar-refractivity contribution in [1.29, 1.82) is 0 Å². The number of carbonyl (C=O) groups is 1. The summed E-state index contributed by atoms with van der Waals surface area (Å²) in [7, 11) is 0. The fourth-order valence-corrected chi connectivity index (χ4v) is 2.20. The minimum atomic E-state index is -0.641. The van der Waals surface area contributed by atoms with E-state index in [1.807, 2.05) is 0 Å². The number of carboxylic acids is 1. The van der Waals surface area contributed by atoms with Crippen molar-refractivity contribution in [3.8, 4) is 0 Å². The molecule has 1 unspecified atom stereocenters. The first-order valence-electron chi connectivity index (χ1n) is 6.12. The zero-order valence-electron chi connectivity index (χ0n) is 9.91. The zero-order chi connectivity index (χ0) is 11.3. The first kappa shape index (κ1) is 12.5. The molecule has 88 valence electrons. The molecule has 0 radical (unpaired) electrons. The quantitative estimate of drug-likeness (QED) is 0.762. The Bertz CT molecular complexity index is 198. The minimum Gasteiger partial charge on any atom is -0.480 e. The van der Waals surface area contributed by atoms with Gasteiger partial charge in [0.1, 0.15) is 6.04 Å². The van der Waals surface area contributed by atoms with Gasteiger partial charge >= 0.3 is 5.97 Å². The van der Waals surface area contributed by atoms with Crippen molar-refractivity contribution >= 4 is 5.97 Å². The summed E-state index contributed by atoms with van der Waals surface area (Å²) < 4.78 is 0. The van der Waals surface area contributed by atoms with E-state index in [1.165, 1.54) is 0 Å². The Morgan fingerprint density at radius 1 is 1.47 bits per heavy atom. The van der Waals surface area contributed by atoms with Gasteiger partial charge < -0.3 is 5.11 Å². The lowest BCUT2D eigenvalue weighted by molar-refractivity contribution is -0.144. The monoisotopic (exact) mass is 213 g/mol. The topological polar surface area (TPSA) is 40.5 Å². The van der Waals surface area contributed by atoms with Gasteiger partial charge in [-0.05, 0) is 38.3 Å². The summed E-state index contributed by atoms with van der Waals surface area (Å²) in [5.41, 5.74) is 0. The molecular formula is C12H23NO2. The van der Waals surface area contributed by atoms with Crippen molar-refractivity contribution in [2.24, 2.45) is 5.92 Å². The number of rotatable bonds is 5. The number of hydrogen-bond acceptors (Lipinski definition) is 2. The lowest BCUT2D eigenvalue weighted by Crippen LogP contribution is -2.45. The summed E-state index contributed by atoms with van der Waals surface area (Å²) in [4.78, 5) is 13.3. The van der Waals surface area contributed by atoms with Crippen LogP contribution in [0.5, 0.6) is 0 Å². The number of nitrogens with zero attached hydrogens (tertiary/aromatic N) is 1. The van der Waals surface area contributed by atoms with E-state index in [9.17, 15) is 9.90 Å². The third-order valence-electron chi connectivity index (χ3n) is 3.38. The highest BCUT2D eigenvalue weighted by molar-refractivity contribution is 5.73. The molecule has 3 heteroatoms. The van der Waals surface area contributed by atoms with Gasteiger partial charge in [0.2, 0.25) is 0 Å². The van der Waals surface area contributed by atoms with Crippen LogP contribution in [0.2, 0.25) is 0 Å². The third kappa shape index (κ3) is 3.82. The molecule has 0 saturated carbocycles. The standard InChI is InChI=1S/C12H23NO2/c1-3-4-5-11(12(14)15)13-8-6-10(2)7-9-13/h10-11H,3-9H2,1-2H3,(H,14,15). The molecular weight excluding hydrogens is 190 g/mol. The molecule has 1 heterocycles. The molecule has 0 aromatic rings. The normalized spacial score (nSPS) is 21.5. The van der Waals surface area contributed by atoms with Crippen molar-refractivity contribution in [1.82, 2.24) is 4.90 Å². The average molecular weight is 213 g/mol. The van der Waals surface area contributed by atoms with Crippen LogP contribution in [0.25, 0.3) is 0 Å². The average Bonchev–Trinajstić information content (AvgIpc) is 2.21. The molecule has 0 aliphatic carbocycles. The van der Waals surface area contributed by atoms with Crippen molar-refractivity contribution in [3.05, 3.63) is 0 Å². The molecule has 1 atom stereocenters. The van der Waals surface area contributed by atoms with E-state index < -0.39 is 5.97 Å². The van der Waals surface area contributed by atoms with Crippen LogP contribution in [0.1, 0.15) is 46.0 Å². The number of carboxylic acid groups (broad SMARTS) is 1. The highest BCUT2D eigenvalue weighted by atomic mass is 16.4. The molecule has 0 aromatic carbocycles. The molecule has 1 saturated heterocycles. The van der Waals surface area contributed by atoms with Gasteiger partial charge in [-0.3, -0.25) is 9.69 Å². The van der Waals surface area contributed by atoms with Crippen LogP contribution in [0.15, 0.2) is 0 Å². The maximum atomic E-state index is 11.1. The molecule has 0 bridgehead atoms. The van der Waals surface area contributed by atoms with Crippen LogP contribution in [-0.4, -0.2) is 35.1 Å². The Balaban J connectivity index is 2.44. The second kappa shape index (κ2) is 6.11. The summed E-state index contributed by atoms with van der Waals surface area (Å²) in [6.45, 7) is 6.28. The molecule has 1 aliphatic heterocycles. The summed E-state index contributed by atoms with van der Waals surface area (Å²) in [5, 5.41) is 9.18. The van der Waals surface area contributed by atoms with Crippen molar-refractivity contribution < 1.29 is 9.90 Å². The van der Waals surface area contributed by atoms with Gasteiger partial charge in [0.05, 0.1) is 0 Å². The first-order valence-corrected chi connectivity index (χ1v) is 6.12. The van der Waals surface area contributed by atoms with Crippen molar-refractivity contribution in [2.75, 3.05) is 13.1 Å². The molecule has 15 heavy (non-hydrogen) atoms. The van der Waals surface area contributed by atoms with Gasteiger partial charge in [-0.25, -0.2) is 0 Å². The second-order valence-corrected chi connectivity index (χ2v) is 4.71. The summed E-state index contributed by atoms with van der Waals surface area (Å²) >= 11 is 0. The maximum Gasteiger partial charge on any atom is 0.320 e. The van der Waals surface area contributed by atoms with Crippen LogP contribution in [0.3, 0.4) is 0 Å². The van der Waals surface area contributed by atoms with Gasteiger partial charge in [0.25, 0.3) is 0 Å². The molecule has 3 nitrogen and oxygen atoms in total. The van der Waals surface area contributed by atoms with Crippen LogP contribution in [0, 0.1) is 5.92 Å². The second-order valence-electron chi connectivity index (χ2n) is 4.71. The summed E-state index contributed by atoms with van der Waals surface area (Å²) in [5.74, 6) is 0.125. The van der Waals surface area contributed by atoms with Crippen molar-refractivity contribution in [2.45, 2.75) is 52.0 Å². The Hall–Kier alpha value is -0.570. The Morgan fingerprint density at radius 3 is 2.53 bits per heavy atom. The lowest BCUT2D eigenvalue weighted by atomic mass is 9.96. The van der Waals surface area contributed by atoms with Crippen LogP contribution in [-0.2, 0) is 4.79 Å². The van der Waals surface area contributed by atoms with Crippen LogP contribution in [0.4, 0.5) is 0 Å². The fourth-order valence-electron chi connectivity index (χ4n) is 2.20. The predicted molar refractivity (Wildman–Crippen MR) is 60.9 cm³/mol. The number of hydrogen-bond donors (Lipinski definition) is 1. The molecule has 1 rings (SSSR count). The van der Waals surface area contributed by atoms with Gasteiger partial charge in [0, 0.05) is 0 Å². The van der Waals surface area contributed by atoms with E-state index in [1.54, 1.807) is 0 Å². The van der Waals surface area contributed by atoms with Crippen molar-refractivity contribution in [3.63, 3.8) is 0 Å². The molecule has 1 N–H and O–H groups in total. The van der Waals surface area contributed by atoms with E-state index in [-0.39, 0.29) is 6.04 Å². The molecule has 0 spiro atoms. The van der Waals surface area contributed by atoms with E-state index in [0.717, 1.165) is 51.1 Å². The van der Waals surface area contributed by atoms with E-state index >= 15 is 0 Å². The third-order valence-corrected chi connectivity index (χ3v) is 3.38. The number of unbranched alkanes of at least 4 members (excludes halogenated alkanes) is 1. The molecule has 0 aromatic heterocycles. The van der Waals surface area contributed by atoms with Gasteiger partial charge in [-0.1, -0.05) is 26.7 Å². The highest BCUT2D eigenvalue weighted by Crippen LogP contribution is 2.20. The van der Waals surface area contributed by atoms with Crippen LogP contribution >= 0.6 is 0 Å². The molecule has 0 amide bonds. The Kier molecular flexibility index (Phi) is 5.09. The first-order chi connectivity index (χ1) is 7.15. The zero-order valence-corrected chi connectivity index (χ0v) is 9.91. The highest BCUT2D eigenvalue weighted by Gasteiger charge is 2.27. The van der Waals surface area contributed by atoms with Gasteiger partial charge in [-0.15, -0.1) is 0 Å². The largest absolute Gasteiger partial charge is 0.480 e. The molecule has 1 fully saturated rings. The SMILES string of the molecule is CCCCC(C(=O)O)N1CCC(C)CC1. The maximum absolute atomic E-state index is 11.1. The molecule has 1 aliphatic rings. The summed E-state index contributed by atoms with van der Waals surface area (Å²) in [6.07, 6.45) is 5.20. The minimum absolute atomic E-state index is 0.238. The van der Waals surface area contributed by atoms with Gasteiger partial charge in [0.15, 0.2) is 0 Å². The lowest BCUT2D eigenvalue weighted by Gasteiger charge is -2.34. The van der Waals surface area contributed by atoms with Crippen LogP contribution < -0.4 is 0 Å². The smallest absolute Gasteiger partial charge is 0.320 e. The van der Waals surface area contributed by atoms with E-state index in [0.29, 0.717) is 0 Å². The fraction of sp³-hybridized carbons (Fsp3) is 0.917. The Morgan fingerprint density at radius 2 is 2.07 bits per heavy atom. The number of aliphatic carboxylic acids is 1.